The monoisotopic (exact) mass is 222 g/mol. The molecule has 0 spiro atoms. The average Bonchev–Trinajstić information content (AvgIpc) is 2.65. The molecule has 2 rings (SSSR count). The normalized spacial score (nSPS) is 20.1. The first kappa shape index (κ1) is 10.8. The van der Waals surface area contributed by atoms with Crippen molar-refractivity contribution in [1.29, 1.82) is 0 Å². The van der Waals surface area contributed by atoms with Crippen molar-refractivity contribution in [3.63, 3.8) is 0 Å². The molecule has 0 radical (unpaired) electrons. The Hall–Kier alpha value is -1.69. The standard InChI is InChI=1S/C10H14N4O2/c1-7-5-12-10(4-9(7)14(15)16)13-3-2-8(11)6-13/h4-5,8H,2-3,6,11H2,1H3. The molecule has 6 nitrogen and oxygen atoms in total. The van der Waals surface area contributed by atoms with Crippen LogP contribution >= 0.6 is 0 Å². The summed E-state index contributed by atoms with van der Waals surface area (Å²) in [5, 5.41) is 10.8. The molecular formula is C10H14N4O2. The van der Waals surface area contributed by atoms with Crippen LogP contribution in [0.3, 0.4) is 0 Å². The molecule has 1 saturated heterocycles. The number of aryl methyl sites for hydroxylation is 1. The Labute approximate surface area is 93.2 Å². The second-order valence-electron chi connectivity index (χ2n) is 4.08. The molecule has 0 bridgehead atoms. The molecular weight excluding hydrogens is 208 g/mol. The highest BCUT2D eigenvalue weighted by atomic mass is 16.6. The van der Waals surface area contributed by atoms with Crippen molar-refractivity contribution in [2.75, 3.05) is 18.0 Å². The van der Waals surface area contributed by atoms with Gasteiger partial charge in [0.2, 0.25) is 0 Å². The average molecular weight is 222 g/mol. The fraction of sp³-hybridized carbons (Fsp3) is 0.500. The van der Waals surface area contributed by atoms with Crippen LogP contribution in [0.2, 0.25) is 0 Å². The third-order valence-electron chi connectivity index (χ3n) is 2.81. The lowest BCUT2D eigenvalue weighted by atomic mass is 10.2. The Morgan fingerprint density at radius 3 is 3.00 bits per heavy atom. The summed E-state index contributed by atoms with van der Waals surface area (Å²) in [6.07, 6.45) is 2.45. The first-order valence-corrected chi connectivity index (χ1v) is 5.19. The molecule has 1 aliphatic heterocycles. The Morgan fingerprint density at radius 2 is 2.44 bits per heavy atom. The summed E-state index contributed by atoms with van der Waals surface area (Å²) in [7, 11) is 0. The third-order valence-corrected chi connectivity index (χ3v) is 2.81. The van der Waals surface area contributed by atoms with E-state index in [0.29, 0.717) is 17.9 Å². The predicted molar refractivity (Wildman–Crippen MR) is 60.4 cm³/mol. The van der Waals surface area contributed by atoms with Crippen LogP contribution in [-0.4, -0.2) is 29.0 Å². The second kappa shape index (κ2) is 4.05. The van der Waals surface area contributed by atoms with Crippen molar-refractivity contribution in [3.8, 4) is 0 Å². The van der Waals surface area contributed by atoms with Gasteiger partial charge in [0.25, 0.3) is 5.69 Å². The molecule has 0 saturated carbocycles. The van der Waals surface area contributed by atoms with E-state index in [1.807, 2.05) is 4.90 Å². The SMILES string of the molecule is Cc1cnc(N2CCC(N)C2)cc1[N+](=O)[O-]. The number of anilines is 1. The molecule has 0 aromatic carbocycles. The van der Waals surface area contributed by atoms with Crippen LogP contribution in [0.5, 0.6) is 0 Å². The zero-order chi connectivity index (χ0) is 11.7. The summed E-state index contributed by atoms with van der Waals surface area (Å²) in [5.74, 6) is 0.644. The molecule has 6 heteroatoms. The highest BCUT2D eigenvalue weighted by molar-refractivity contribution is 5.51. The highest BCUT2D eigenvalue weighted by Crippen LogP contribution is 2.24. The largest absolute Gasteiger partial charge is 0.355 e. The minimum absolute atomic E-state index is 0.116. The van der Waals surface area contributed by atoms with E-state index in [9.17, 15) is 10.1 Å². The van der Waals surface area contributed by atoms with Gasteiger partial charge in [-0.1, -0.05) is 0 Å². The van der Waals surface area contributed by atoms with Crippen LogP contribution in [0.25, 0.3) is 0 Å². The van der Waals surface area contributed by atoms with Gasteiger partial charge in [0.1, 0.15) is 5.82 Å². The van der Waals surface area contributed by atoms with E-state index in [-0.39, 0.29) is 16.7 Å². The summed E-state index contributed by atoms with van der Waals surface area (Å²) in [6.45, 7) is 3.21. The molecule has 86 valence electrons. The Balaban J connectivity index is 2.29. The van der Waals surface area contributed by atoms with Crippen LogP contribution in [0.4, 0.5) is 11.5 Å². The Bertz CT molecular complexity index is 421. The fourth-order valence-electron chi connectivity index (χ4n) is 1.87. The van der Waals surface area contributed by atoms with Crippen molar-refractivity contribution in [1.82, 2.24) is 4.98 Å². The molecule has 1 aromatic heterocycles. The molecule has 1 unspecified atom stereocenters. The quantitative estimate of drug-likeness (QED) is 0.592. The molecule has 1 aliphatic rings. The minimum Gasteiger partial charge on any atom is -0.355 e. The zero-order valence-corrected chi connectivity index (χ0v) is 9.09. The molecule has 2 N–H and O–H groups in total. The lowest BCUT2D eigenvalue weighted by Crippen LogP contribution is -2.26. The molecule has 1 aromatic rings. The minimum atomic E-state index is -0.378. The van der Waals surface area contributed by atoms with Crippen LogP contribution < -0.4 is 10.6 Å². The molecule has 2 heterocycles. The van der Waals surface area contributed by atoms with Gasteiger partial charge in [-0.25, -0.2) is 4.98 Å². The van der Waals surface area contributed by atoms with Crippen molar-refractivity contribution < 1.29 is 4.92 Å². The van der Waals surface area contributed by atoms with Gasteiger partial charge < -0.3 is 10.6 Å². The van der Waals surface area contributed by atoms with Gasteiger partial charge in [-0.2, -0.15) is 0 Å². The van der Waals surface area contributed by atoms with Gasteiger partial charge in [-0.15, -0.1) is 0 Å². The van der Waals surface area contributed by atoms with Crippen LogP contribution in [0, 0.1) is 17.0 Å². The summed E-state index contributed by atoms with van der Waals surface area (Å²) < 4.78 is 0. The van der Waals surface area contributed by atoms with E-state index < -0.39 is 0 Å². The lowest BCUT2D eigenvalue weighted by Gasteiger charge is -2.16. The maximum absolute atomic E-state index is 10.8. The highest BCUT2D eigenvalue weighted by Gasteiger charge is 2.22. The van der Waals surface area contributed by atoms with Gasteiger partial charge in [0, 0.05) is 30.9 Å². The summed E-state index contributed by atoms with van der Waals surface area (Å²) >= 11 is 0. The third kappa shape index (κ3) is 1.96. The van der Waals surface area contributed by atoms with E-state index in [1.54, 1.807) is 6.92 Å². The summed E-state index contributed by atoms with van der Waals surface area (Å²) in [6, 6.07) is 1.66. The summed E-state index contributed by atoms with van der Waals surface area (Å²) in [4.78, 5) is 16.6. The molecule has 1 fully saturated rings. The molecule has 0 amide bonds. The molecule has 0 aliphatic carbocycles. The van der Waals surface area contributed by atoms with E-state index in [4.69, 9.17) is 5.73 Å². The number of rotatable bonds is 2. The van der Waals surface area contributed by atoms with Crippen molar-refractivity contribution in [2.24, 2.45) is 5.73 Å². The van der Waals surface area contributed by atoms with Crippen molar-refractivity contribution >= 4 is 11.5 Å². The van der Waals surface area contributed by atoms with E-state index >= 15 is 0 Å². The predicted octanol–water partition coefficient (Wildman–Crippen LogP) is 0.836. The molecule has 16 heavy (non-hydrogen) atoms. The van der Waals surface area contributed by atoms with Crippen molar-refractivity contribution in [3.05, 3.63) is 27.9 Å². The van der Waals surface area contributed by atoms with Gasteiger partial charge in [-0.05, 0) is 13.3 Å². The van der Waals surface area contributed by atoms with Crippen LogP contribution in [0.1, 0.15) is 12.0 Å². The maximum atomic E-state index is 10.8. The van der Waals surface area contributed by atoms with E-state index in [1.165, 1.54) is 12.3 Å². The Morgan fingerprint density at radius 1 is 1.69 bits per heavy atom. The number of hydrogen-bond acceptors (Lipinski definition) is 5. The van der Waals surface area contributed by atoms with Gasteiger partial charge >= 0.3 is 0 Å². The summed E-state index contributed by atoms with van der Waals surface area (Å²) in [5.41, 5.74) is 6.48. The number of nitro groups is 1. The number of nitrogens with zero attached hydrogens (tertiary/aromatic N) is 3. The van der Waals surface area contributed by atoms with Gasteiger partial charge in [0.15, 0.2) is 0 Å². The smallest absolute Gasteiger partial charge is 0.277 e. The number of hydrogen-bond donors (Lipinski definition) is 1. The van der Waals surface area contributed by atoms with Crippen LogP contribution in [0.15, 0.2) is 12.3 Å². The topological polar surface area (TPSA) is 85.3 Å². The number of nitrogens with two attached hydrogens (primary N) is 1. The first-order valence-electron chi connectivity index (χ1n) is 5.19. The first-order chi connectivity index (χ1) is 7.58. The van der Waals surface area contributed by atoms with Crippen LogP contribution in [-0.2, 0) is 0 Å². The zero-order valence-electron chi connectivity index (χ0n) is 9.09. The fourth-order valence-corrected chi connectivity index (χ4v) is 1.87. The Kier molecular flexibility index (Phi) is 2.74. The molecule has 1 atom stereocenters. The van der Waals surface area contributed by atoms with Gasteiger partial charge in [0.05, 0.1) is 11.0 Å². The number of pyridine rings is 1. The number of aromatic nitrogens is 1. The van der Waals surface area contributed by atoms with Gasteiger partial charge in [-0.3, -0.25) is 10.1 Å². The van der Waals surface area contributed by atoms with E-state index in [0.717, 1.165) is 13.0 Å². The van der Waals surface area contributed by atoms with Crippen molar-refractivity contribution in [2.45, 2.75) is 19.4 Å². The second-order valence-corrected chi connectivity index (χ2v) is 4.08. The maximum Gasteiger partial charge on any atom is 0.277 e. The van der Waals surface area contributed by atoms with E-state index in [2.05, 4.69) is 4.98 Å². The lowest BCUT2D eigenvalue weighted by molar-refractivity contribution is -0.385.